The van der Waals surface area contributed by atoms with Crippen LogP contribution in [0.3, 0.4) is 0 Å². The fourth-order valence-corrected chi connectivity index (χ4v) is 4.85. The summed E-state index contributed by atoms with van der Waals surface area (Å²) in [6, 6.07) is 8.59. The maximum absolute atomic E-state index is 12.3. The highest BCUT2D eigenvalue weighted by Gasteiger charge is 2.24. The van der Waals surface area contributed by atoms with E-state index in [-0.39, 0.29) is 35.8 Å². The monoisotopic (exact) mass is 516 g/mol. The highest BCUT2D eigenvalue weighted by atomic mass is 127. The molecule has 0 heterocycles. The van der Waals surface area contributed by atoms with Crippen molar-refractivity contribution in [3.63, 3.8) is 0 Å². The molecule has 28 heavy (non-hydrogen) atoms. The summed E-state index contributed by atoms with van der Waals surface area (Å²) < 4.78 is 0. The maximum atomic E-state index is 12.3. The average Bonchev–Trinajstić information content (AvgIpc) is 3.37. The lowest BCUT2D eigenvalue weighted by Gasteiger charge is -2.18. The third-order valence-corrected chi connectivity index (χ3v) is 6.76. The van der Waals surface area contributed by atoms with E-state index in [0.29, 0.717) is 12.6 Å². The van der Waals surface area contributed by atoms with E-state index in [0.717, 1.165) is 35.3 Å². The summed E-state index contributed by atoms with van der Waals surface area (Å²) in [6.45, 7) is 0.686. The zero-order valence-corrected chi connectivity index (χ0v) is 20.0. The van der Waals surface area contributed by atoms with Crippen LogP contribution in [0.15, 0.2) is 29.3 Å². The molecule has 7 heteroatoms. The van der Waals surface area contributed by atoms with Gasteiger partial charge in [-0.1, -0.05) is 25.0 Å². The fourth-order valence-electron chi connectivity index (χ4n) is 4.05. The molecule has 2 aliphatic carbocycles. The Labute approximate surface area is 190 Å². The van der Waals surface area contributed by atoms with E-state index in [9.17, 15) is 4.79 Å². The van der Waals surface area contributed by atoms with Crippen LogP contribution in [0.1, 0.15) is 50.5 Å². The number of amides is 1. The van der Waals surface area contributed by atoms with Gasteiger partial charge < -0.3 is 16.0 Å². The quantitative estimate of drug-likeness (QED) is 0.298. The summed E-state index contributed by atoms with van der Waals surface area (Å²) >= 11 is 1.96. The van der Waals surface area contributed by atoms with Crippen LogP contribution in [-0.2, 0) is 11.3 Å². The molecule has 1 aromatic rings. The first-order chi connectivity index (χ1) is 13.2. The van der Waals surface area contributed by atoms with E-state index < -0.39 is 0 Å². The maximum Gasteiger partial charge on any atom is 0.227 e. The molecule has 0 spiro atoms. The van der Waals surface area contributed by atoms with Gasteiger partial charge >= 0.3 is 0 Å². The van der Waals surface area contributed by atoms with Crippen molar-refractivity contribution < 1.29 is 4.79 Å². The van der Waals surface area contributed by atoms with E-state index in [1.165, 1.54) is 32.1 Å². The van der Waals surface area contributed by atoms with E-state index >= 15 is 0 Å². The number of thioether (sulfide) groups is 1. The normalized spacial score (nSPS) is 22.6. The largest absolute Gasteiger partial charge is 0.354 e. The number of aliphatic imine (C=N–C) groups is 1. The first kappa shape index (κ1) is 23.3. The topological polar surface area (TPSA) is 65.5 Å². The zero-order valence-electron chi connectivity index (χ0n) is 16.9. The number of anilines is 1. The lowest BCUT2D eigenvalue weighted by Crippen LogP contribution is -2.42. The van der Waals surface area contributed by atoms with Gasteiger partial charge in [-0.25, -0.2) is 0 Å². The van der Waals surface area contributed by atoms with Crippen molar-refractivity contribution in [1.29, 1.82) is 0 Å². The summed E-state index contributed by atoms with van der Waals surface area (Å²) in [4.78, 5) is 16.7. The van der Waals surface area contributed by atoms with Gasteiger partial charge in [-0.15, -0.1) is 24.0 Å². The lowest BCUT2D eigenvalue weighted by atomic mass is 10.1. The molecule has 2 aliphatic rings. The van der Waals surface area contributed by atoms with Crippen LogP contribution in [0.4, 0.5) is 5.69 Å². The Hall–Kier alpha value is -0.960. The number of hydrogen-bond donors (Lipinski definition) is 3. The SMILES string of the molecule is CN=C(NCc1cccc(NC(=O)C2CCCC2)c1)NC1CCC(SC)C1.I. The van der Waals surface area contributed by atoms with E-state index in [4.69, 9.17) is 0 Å². The number of nitrogens with one attached hydrogen (secondary N) is 3. The van der Waals surface area contributed by atoms with Gasteiger partial charge in [0.05, 0.1) is 0 Å². The van der Waals surface area contributed by atoms with Crippen molar-refractivity contribution in [3.8, 4) is 0 Å². The molecule has 0 bridgehead atoms. The number of carbonyl (C=O) groups is 1. The minimum absolute atomic E-state index is 0. The molecule has 2 atom stereocenters. The molecule has 156 valence electrons. The summed E-state index contributed by atoms with van der Waals surface area (Å²) in [6.07, 6.45) is 10.3. The standard InChI is InChI=1S/C21H32N4OS.HI/c1-22-21(25-18-10-11-19(13-18)27-2)23-14-15-6-5-9-17(12-15)24-20(26)16-7-3-4-8-16;/h5-6,9,12,16,18-19H,3-4,7-8,10-11,13-14H2,1-2H3,(H,24,26)(H2,22,23,25);1H. The molecular formula is C21H33IN4OS. The summed E-state index contributed by atoms with van der Waals surface area (Å²) in [5.74, 6) is 1.20. The molecule has 2 unspecified atom stereocenters. The van der Waals surface area contributed by atoms with Gasteiger partial charge in [-0.3, -0.25) is 9.79 Å². The highest BCUT2D eigenvalue weighted by Crippen LogP contribution is 2.28. The van der Waals surface area contributed by atoms with Crippen molar-refractivity contribution in [2.45, 2.75) is 62.8 Å². The van der Waals surface area contributed by atoms with Gasteiger partial charge in [-0.05, 0) is 56.1 Å². The van der Waals surface area contributed by atoms with Crippen LogP contribution in [-0.4, -0.2) is 36.5 Å². The molecule has 1 amide bonds. The summed E-state index contributed by atoms with van der Waals surface area (Å²) in [5, 5.41) is 10.8. The second-order valence-corrected chi connectivity index (χ2v) is 8.75. The smallest absolute Gasteiger partial charge is 0.227 e. The number of benzene rings is 1. The first-order valence-electron chi connectivity index (χ1n) is 10.1. The minimum atomic E-state index is 0. The summed E-state index contributed by atoms with van der Waals surface area (Å²) in [5.41, 5.74) is 2.02. The van der Waals surface area contributed by atoms with Gasteiger partial charge in [0.25, 0.3) is 0 Å². The number of rotatable bonds is 6. The molecule has 1 aromatic carbocycles. The average molecular weight is 516 g/mol. The Morgan fingerprint density at radius 2 is 2.00 bits per heavy atom. The third-order valence-electron chi connectivity index (χ3n) is 5.66. The molecule has 0 radical (unpaired) electrons. The van der Waals surface area contributed by atoms with Crippen molar-refractivity contribution in [3.05, 3.63) is 29.8 Å². The number of nitrogens with zero attached hydrogens (tertiary/aromatic N) is 1. The number of halogens is 1. The van der Waals surface area contributed by atoms with Gasteiger partial charge in [-0.2, -0.15) is 11.8 Å². The number of guanidine groups is 1. The van der Waals surface area contributed by atoms with Crippen molar-refractivity contribution in [2.24, 2.45) is 10.9 Å². The van der Waals surface area contributed by atoms with Crippen LogP contribution in [0.5, 0.6) is 0 Å². The van der Waals surface area contributed by atoms with Gasteiger partial charge in [0.15, 0.2) is 5.96 Å². The molecular weight excluding hydrogens is 483 g/mol. The van der Waals surface area contributed by atoms with E-state index in [2.05, 4.69) is 33.3 Å². The van der Waals surface area contributed by atoms with Crippen LogP contribution in [0.2, 0.25) is 0 Å². The minimum Gasteiger partial charge on any atom is -0.354 e. The van der Waals surface area contributed by atoms with Crippen LogP contribution >= 0.6 is 35.7 Å². The van der Waals surface area contributed by atoms with Crippen molar-refractivity contribution in [2.75, 3.05) is 18.6 Å². The fraction of sp³-hybridized carbons (Fsp3) is 0.619. The third kappa shape index (κ3) is 6.83. The number of carbonyl (C=O) groups excluding carboxylic acids is 1. The van der Waals surface area contributed by atoms with E-state index in [1.807, 2.05) is 37.0 Å². The predicted octanol–water partition coefficient (Wildman–Crippen LogP) is 4.38. The zero-order chi connectivity index (χ0) is 19.1. The van der Waals surface area contributed by atoms with Gasteiger partial charge in [0.1, 0.15) is 0 Å². The van der Waals surface area contributed by atoms with Crippen LogP contribution in [0, 0.1) is 5.92 Å². The lowest BCUT2D eigenvalue weighted by molar-refractivity contribution is -0.119. The number of hydrogen-bond acceptors (Lipinski definition) is 3. The summed E-state index contributed by atoms with van der Waals surface area (Å²) in [7, 11) is 1.81. The highest BCUT2D eigenvalue weighted by molar-refractivity contribution is 14.0. The van der Waals surface area contributed by atoms with Crippen LogP contribution < -0.4 is 16.0 Å². The Bertz CT molecular complexity index is 664. The molecule has 2 fully saturated rings. The first-order valence-corrected chi connectivity index (χ1v) is 11.4. The van der Waals surface area contributed by atoms with E-state index in [1.54, 1.807) is 0 Å². The molecule has 3 N–H and O–H groups in total. The van der Waals surface area contributed by atoms with Crippen LogP contribution in [0.25, 0.3) is 0 Å². The molecule has 5 nitrogen and oxygen atoms in total. The predicted molar refractivity (Wildman–Crippen MR) is 131 cm³/mol. The molecule has 2 saturated carbocycles. The van der Waals surface area contributed by atoms with Gasteiger partial charge in [0, 0.05) is 36.5 Å². The molecule has 3 rings (SSSR count). The Morgan fingerprint density at radius 3 is 2.68 bits per heavy atom. The second kappa shape index (κ2) is 11.9. The van der Waals surface area contributed by atoms with Gasteiger partial charge in [0.2, 0.25) is 5.91 Å². The second-order valence-electron chi connectivity index (χ2n) is 7.61. The molecule has 0 aromatic heterocycles. The van der Waals surface area contributed by atoms with Crippen molar-refractivity contribution >= 4 is 53.3 Å². The molecule has 0 aliphatic heterocycles. The Morgan fingerprint density at radius 1 is 1.21 bits per heavy atom. The Kier molecular flexibility index (Phi) is 9.91. The van der Waals surface area contributed by atoms with Crippen molar-refractivity contribution in [1.82, 2.24) is 10.6 Å². The molecule has 0 saturated heterocycles. The Balaban J connectivity index is 0.00000280.